The number of rotatable bonds is 1. The predicted octanol–water partition coefficient (Wildman–Crippen LogP) is 1.86. The summed E-state index contributed by atoms with van der Waals surface area (Å²) in [6.07, 6.45) is 3.15. The first-order valence-corrected chi connectivity index (χ1v) is 4.06. The van der Waals surface area contributed by atoms with E-state index in [1.165, 1.54) is 19.2 Å². The summed E-state index contributed by atoms with van der Waals surface area (Å²) in [7, 11) is 1.31. The first-order valence-electron chi connectivity index (χ1n) is 4.06. The van der Waals surface area contributed by atoms with Crippen molar-refractivity contribution in [3.8, 4) is 0 Å². The SMILES string of the molecule is COC(=O)c1cc2cc(F)ccn2c1. The van der Waals surface area contributed by atoms with Crippen molar-refractivity contribution >= 4 is 11.5 Å². The second kappa shape index (κ2) is 3.14. The highest BCUT2D eigenvalue weighted by molar-refractivity contribution is 5.91. The molecule has 72 valence electrons. The van der Waals surface area contributed by atoms with Crippen LogP contribution in [0.4, 0.5) is 4.39 Å². The first kappa shape index (κ1) is 8.74. The van der Waals surface area contributed by atoms with Crippen molar-refractivity contribution in [2.24, 2.45) is 0 Å². The van der Waals surface area contributed by atoms with Crippen molar-refractivity contribution in [2.75, 3.05) is 7.11 Å². The quantitative estimate of drug-likeness (QED) is 0.647. The van der Waals surface area contributed by atoms with Crippen LogP contribution in [0.1, 0.15) is 10.4 Å². The molecule has 0 N–H and O–H groups in total. The van der Waals surface area contributed by atoms with Crippen LogP contribution in [0.2, 0.25) is 0 Å². The fourth-order valence-electron chi connectivity index (χ4n) is 1.31. The Labute approximate surface area is 79.7 Å². The number of carbonyl (C=O) groups is 1. The number of hydrogen-bond donors (Lipinski definition) is 0. The maximum atomic E-state index is 12.8. The van der Waals surface area contributed by atoms with Gasteiger partial charge in [0.05, 0.1) is 12.7 Å². The highest BCUT2D eigenvalue weighted by Gasteiger charge is 2.08. The third kappa shape index (κ3) is 1.35. The number of esters is 1. The van der Waals surface area contributed by atoms with Crippen molar-refractivity contribution in [1.29, 1.82) is 0 Å². The average molecular weight is 193 g/mol. The molecule has 3 nitrogen and oxygen atoms in total. The summed E-state index contributed by atoms with van der Waals surface area (Å²) in [6.45, 7) is 0. The highest BCUT2D eigenvalue weighted by Crippen LogP contribution is 2.12. The van der Waals surface area contributed by atoms with E-state index in [-0.39, 0.29) is 5.82 Å². The van der Waals surface area contributed by atoms with Crippen LogP contribution >= 0.6 is 0 Å². The van der Waals surface area contributed by atoms with E-state index in [0.29, 0.717) is 11.1 Å². The fraction of sp³-hybridized carbons (Fsp3) is 0.100. The zero-order valence-electron chi connectivity index (χ0n) is 7.53. The summed E-state index contributed by atoms with van der Waals surface area (Å²) in [6, 6.07) is 4.26. The normalized spacial score (nSPS) is 10.4. The fourth-order valence-corrected chi connectivity index (χ4v) is 1.31. The van der Waals surface area contributed by atoms with Gasteiger partial charge in [0.2, 0.25) is 0 Å². The van der Waals surface area contributed by atoms with Gasteiger partial charge in [-0.1, -0.05) is 0 Å². The van der Waals surface area contributed by atoms with Gasteiger partial charge in [-0.3, -0.25) is 0 Å². The molecule has 0 aromatic carbocycles. The summed E-state index contributed by atoms with van der Waals surface area (Å²) < 4.78 is 19.0. The van der Waals surface area contributed by atoms with E-state index in [1.807, 2.05) is 0 Å². The molecule has 0 aliphatic carbocycles. The molecule has 0 aliphatic heterocycles. The molecular weight excluding hydrogens is 185 g/mol. The molecule has 0 spiro atoms. The van der Waals surface area contributed by atoms with E-state index in [0.717, 1.165) is 0 Å². The van der Waals surface area contributed by atoms with Gasteiger partial charge in [-0.05, 0) is 18.2 Å². The monoisotopic (exact) mass is 193 g/mol. The third-order valence-electron chi connectivity index (χ3n) is 1.98. The van der Waals surface area contributed by atoms with Gasteiger partial charge in [0.25, 0.3) is 0 Å². The summed E-state index contributed by atoms with van der Waals surface area (Å²) in [5, 5.41) is 0. The van der Waals surface area contributed by atoms with E-state index in [9.17, 15) is 9.18 Å². The Balaban J connectivity index is 2.56. The zero-order chi connectivity index (χ0) is 10.1. The Morgan fingerprint density at radius 1 is 1.50 bits per heavy atom. The van der Waals surface area contributed by atoms with Gasteiger partial charge in [-0.2, -0.15) is 0 Å². The molecule has 0 aliphatic rings. The maximum Gasteiger partial charge on any atom is 0.339 e. The Bertz CT molecular complexity index is 490. The summed E-state index contributed by atoms with van der Waals surface area (Å²) in [5.74, 6) is -0.749. The molecule has 4 heteroatoms. The zero-order valence-corrected chi connectivity index (χ0v) is 7.53. The largest absolute Gasteiger partial charge is 0.465 e. The van der Waals surface area contributed by atoms with Crippen LogP contribution in [0.5, 0.6) is 0 Å². The number of carbonyl (C=O) groups excluding carboxylic acids is 1. The van der Waals surface area contributed by atoms with Crippen LogP contribution in [0.25, 0.3) is 5.52 Å². The minimum absolute atomic E-state index is 0.327. The molecule has 0 saturated carbocycles. The minimum atomic E-state index is -0.422. The second-order valence-electron chi connectivity index (χ2n) is 2.90. The summed E-state index contributed by atoms with van der Waals surface area (Å²) in [4.78, 5) is 11.1. The molecule has 0 atom stereocenters. The Morgan fingerprint density at radius 2 is 2.29 bits per heavy atom. The molecule has 0 bridgehead atoms. The van der Waals surface area contributed by atoms with Gasteiger partial charge in [0.15, 0.2) is 0 Å². The van der Waals surface area contributed by atoms with Crippen LogP contribution < -0.4 is 0 Å². The van der Waals surface area contributed by atoms with E-state index in [4.69, 9.17) is 0 Å². The van der Waals surface area contributed by atoms with Crippen molar-refractivity contribution in [3.05, 3.63) is 42.0 Å². The van der Waals surface area contributed by atoms with Crippen LogP contribution in [0.3, 0.4) is 0 Å². The molecule has 2 heterocycles. The molecule has 2 rings (SSSR count). The molecule has 0 unspecified atom stereocenters. The smallest absolute Gasteiger partial charge is 0.339 e. The molecule has 0 saturated heterocycles. The minimum Gasteiger partial charge on any atom is -0.465 e. The number of nitrogens with zero attached hydrogens (tertiary/aromatic N) is 1. The first-order chi connectivity index (χ1) is 6.70. The number of halogens is 1. The van der Waals surface area contributed by atoms with Crippen LogP contribution in [-0.4, -0.2) is 17.5 Å². The van der Waals surface area contributed by atoms with Gasteiger partial charge in [0.1, 0.15) is 5.82 Å². The number of pyridine rings is 1. The Morgan fingerprint density at radius 3 is 3.00 bits per heavy atom. The van der Waals surface area contributed by atoms with Crippen molar-refractivity contribution in [1.82, 2.24) is 4.40 Å². The standard InChI is InChI=1S/C10H8FNO2/c1-14-10(13)7-4-9-5-8(11)2-3-12(9)6-7/h2-6H,1H3. The summed E-state index contributed by atoms with van der Waals surface area (Å²) >= 11 is 0. The van der Waals surface area contributed by atoms with Crippen LogP contribution in [0.15, 0.2) is 30.6 Å². The predicted molar refractivity (Wildman–Crippen MR) is 48.7 cm³/mol. The lowest BCUT2D eigenvalue weighted by Crippen LogP contribution is -1.98. The van der Waals surface area contributed by atoms with Crippen molar-refractivity contribution < 1.29 is 13.9 Å². The molecule has 2 aromatic heterocycles. The van der Waals surface area contributed by atoms with Gasteiger partial charge < -0.3 is 9.14 Å². The number of fused-ring (bicyclic) bond motifs is 1. The Hall–Kier alpha value is -1.84. The lowest BCUT2D eigenvalue weighted by Gasteiger charge is -1.92. The number of methoxy groups -OCH3 is 1. The summed E-state index contributed by atoms with van der Waals surface area (Å²) in [5.41, 5.74) is 1.04. The average Bonchev–Trinajstić information content (AvgIpc) is 2.59. The molecular formula is C10H8FNO2. The molecule has 0 amide bonds. The number of aromatic nitrogens is 1. The third-order valence-corrected chi connectivity index (χ3v) is 1.98. The van der Waals surface area contributed by atoms with Crippen LogP contribution in [-0.2, 0) is 4.74 Å². The Kier molecular flexibility index (Phi) is 1.96. The van der Waals surface area contributed by atoms with E-state index >= 15 is 0 Å². The molecule has 0 fully saturated rings. The molecule has 14 heavy (non-hydrogen) atoms. The second-order valence-corrected chi connectivity index (χ2v) is 2.90. The van der Waals surface area contributed by atoms with Crippen LogP contribution in [0, 0.1) is 5.82 Å². The lowest BCUT2D eigenvalue weighted by atomic mass is 10.3. The van der Waals surface area contributed by atoms with Gasteiger partial charge in [-0.25, -0.2) is 9.18 Å². The van der Waals surface area contributed by atoms with Gasteiger partial charge >= 0.3 is 5.97 Å². The number of hydrogen-bond acceptors (Lipinski definition) is 2. The lowest BCUT2D eigenvalue weighted by molar-refractivity contribution is 0.0601. The number of ether oxygens (including phenoxy) is 1. The van der Waals surface area contributed by atoms with Crippen molar-refractivity contribution in [3.63, 3.8) is 0 Å². The van der Waals surface area contributed by atoms with E-state index in [1.54, 1.807) is 22.9 Å². The molecule has 2 aromatic rings. The highest BCUT2D eigenvalue weighted by atomic mass is 19.1. The van der Waals surface area contributed by atoms with E-state index in [2.05, 4.69) is 4.74 Å². The topological polar surface area (TPSA) is 30.7 Å². The van der Waals surface area contributed by atoms with E-state index < -0.39 is 5.97 Å². The van der Waals surface area contributed by atoms with Gasteiger partial charge in [0, 0.05) is 17.9 Å². The van der Waals surface area contributed by atoms with Crippen molar-refractivity contribution in [2.45, 2.75) is 0 Å². The molecule has 0 radical (unpaired) electrons. The van der Waals surface area contributed by atoms with Gasteiger partial charge in [-0.15, -0.1) is 0 Å². The maximum absolute atomic E-state index is 12.8.